The van der Waals surface area contributed by atoms with Gasteiger partial charge in [-0.3, -0.25) is 4.79 Å². The van der Waals surface area contributed by atoms with E-state index in [1.54, 1.807) is 6.26 Å². The van der Waals surface area contributed by atoms with Crippen LogP contribution in [0.1, 0.15) is 71.6 Å². The maximum Gasteiger partial charge on any atom is 0.155 e. The van der Waals surface area contributed by atoms with Gasteiger partial charge in [0.05, 0.1) is 0 Å². The Morgan fingerprint density at radius 2 is 1.64 bits per heavy atom. The topological polar surface area (TPSA) is 17.1 Å². The van der Waals surface area contributed by atoms with Gasteiger partial charge in [0.25, 0.3) is 0 Å². The average Bonchev–Trinajstić information content (AvgIpc) is 3.06. The van der Waals surface area contributed by atoms with E-state index in [2.05, 4.69) is 12.6 Å². The highest BCUT2D eigenvalue weighted by molar-refractivity contribution is 7.79. The third-order valence-corrected chi connectivity index (χ3v) is 6.50. The van der Waals surface area contributed by atoms with Crippen molar-refractivity contribution in [1.29, 1.82) is 0 Å². The first-order chi connectivity index (χ1) is 10.8. The number of hydrogen-bond acceptors (Lipinski definition) is 2. The summed E-state index contributed by atoms with van der Waals surface area (Å²) in [5.74, 6) is 5.28. The lowest BCUT2D eigenvalue weighted by atomic mass is 9.56. The molecule has 0 heterocycles. The second-order valence-corrected chi connectivity index (χ2v) is 7.13. The molecule has 5 atom stereocenters. The Morgan fingerprint density at radius 3 is 2.41 bits per heavy atom. The molecule has 22 heavy (non-hydrogen) atoms. The van der Waals surface area contributed by atoms with Gasteiger partial charge in [-0.05, 0) is 80.4 Å². The summed E-state index contributed by atoms with van der Waals surface area (Å²) < 4.78 is 0. The van der Waals surface area contributed by atoms with Gasteiger partial charge in [-0.15, -0.1) is 0 Å². The van der Waals surface area contributed by atoms with Gasteiger partial charge >= 0.3 is 0 Å². The van der Waals surface area contributed by atoms with Gasteiger partial charge in [0.1, 0.15) is 0 Å². The molecule has 0 amide bonds. The molecule has 0 N–H and O–H groups in total. The molecule has 3 saturated carbocycles. The monoisotopic (exact) mass is 322 g/mol. The van der Waals surface area contributed by atoms with E-state index in [1.165, 1.54) is 56.9 Å². The number of carbonyl (C=O) groups excluding carboxylic acids is 1. The van der Waals surface area contributed by atoms with Crippen molar-refractivity contribution in [2.24, 2.45) is 29.6 Å². The molecule has 2 heteroatoms. The fourth-order valence-electron chi connectivity index (χ4n) is 5.80. The van der Waals surface area contributed by atoms with Gasteiger partial charge in [0.15, 0.2) is 5.78 Å². The summed E-state index contributed by atoms with van der Waals surface area (Å²) in [6.45, 7) is 4.00. The first-order valence-electron chi connectivity index (χ1n) is 9.51. The van der Waals surface area contributed by atoms with E-state index in [0.29, 0.717) is 5.78 Å². The number of allylic oxidation sites excluding steroid dienone is 1. The van der Waals surface area contributed by atoms with Gasteiger partial charge < -0.3 is 0 Å². The minimum atomic E-state index is 0.397. The van der Waals surface area contributed by atoms with Crippen LogP contribution in [0, 0.1) is 29.6 Å². The number of carbonyl (C=O) groups is 1. The number of fused-ring (bicyclic) bond motifs is 5. The van der Waals surface area contributed by atoms with Gasteiger partial charge in [-0.25, -0.2) is 0 Å². The van der Waals surface area contributed by atoms with Crippen LogP contribution in [-0.4, -0.2) is 12.0 Å². The average molecular weight is 323 g/mol. The van der Waals surface area contributed by atoms with Crippen molar-refractivity contribution in [1.82, 2.24) is 0 Å². The Morgan fingerprint density at radius 1 is 0.864 bits per heavy atom. The fourth-order valence-corrected chi connectivity index (χ4v) is 5.80. The van der Waals surface area contributed by atoms with E-state index in [4.69, 9.17) is 0 Å². The molecule has 126 valence electrons. The Balaban J connectivity index is 0.000000410. The molecule has 4 aliphatic rings. The summed E-state index contributed by atoms with van der Waals surface area (Å²) in [5, 5.41) is 0. The highest BCUT2D eigenvalue weighted by atomic mass is 32.1. The quantitative estimate of drug-likeness (QED) is 0.566. The van der Waals surface area contributed by atoms with Gasteiger partial charge in [0, 0.05) is 6.42 Å². The zero-order valence-corrected chi connectivity index (χ0v) is 15.6. The molecule has 0 aromatic heterocycles. The molecule has 0 radical (unpaired) electrons. The number of rotatable bonds is 0. The highest BCUT2D eigenvalue weighted by Crippen LogP contribution is 2.56. The predicted molar refractivity (Wildman–Crippen MR) is 98.4 cm³/mol. The van der Waals surface area contributed by atoms with Gasteiger partial charge in [0.2, 0.25) is 0 Å². The van der Waals surface area contributed by atoms with Crippen LogP contribution in [0.3, 0.4) is 0 Å². The van der Waals surface area contributed by atoms with E-state index < -0.39 is 0 Å². The molecule has 0 aliphatic heterocycles. The normalized spacial score (nSPS) is 39.0. The fraction of sp³-hybridized carbons (Fsp3) is 0.850. The molecule has 0 saturated heterocycles. The summed E-state index contributed by atoms with van der Waals surface area (Å²) in [5.41, 5.74) is 1.53. The van der Waals surface area contributed by atoms with Crippen molar-refractivity contribution in [2.75, 3.05) is 6.26 Å². The van der Waals surface area contributed by atoms with Crippen LogP contribution in [0.4, 0.5) is 0 Å². The largest absolute Gasteiger partial charge is 0.295 e. The second-order valence-electron chi connectivity index (χ2n) is 7.13. The number of ketones is 1. The van der Waals surface area contributed by atoms with Crippen LogP contribution in [0.15, 0.2) is 11.6 Å². The Labute approximate surface area is 142 Å². The Kier molecular flexibility index (Phi) is 7.05. The van der Waals surface area contributed by atoms with Crippen molar-refractivity contribution in [3.8, 4) is 0 Å². The van der Waals surface area contributed by atoms with Gasteiger partial charge in [-0.2, -0.15) is 12.6 Å². The van der Waals surface area contributed by atoms with Crippen LogP contribution < -0.4 is 0 Å². The zero-order valence-electron chi connectivity index (χ0n) is 14.7. The van der Waals surface area contributed by atoms with Crippen LogP contribution in [0.2, 0.25) is 0 Å². The van der Waals surface area contributed by atoms with Crippen molar-refractivity contribution in [2.45, 2.75) is 71.6 Å². The Hall–Kier alpha value is -0.240. The molecular formula is C20H34OS. The molecule has 4 aliphatic carbocycles. The van der Waals surface area contributed by atoms with Crippen LogP contribution >= 0.6 is 12.6 Å². The summed E-state index contributed by atoms with van der Waals surface area (Å²) in [6, 6.07) is 0. The Bertz CT molecular complexity index is 401. The van der Waals surface area contributed by atoms with E-state index in [0.717, 1.165) is 36.0 Å². The standard InChI is InChI=1S/C17H24O.C2H6.CH4S/c18-13-6-9-15-12(10-13)5-8-16-14-3-1-2-11(14)4-7-17(15)16;2*1-2/h10-11,14-17H,1-9H2;1-2H3;2H,1H3. The number of thiol groups is 1. The molecule has 1 nitrogen and oxygen atoms in total. The molecule has 0 aromatic carbocycles. The molecule has 0 spiro atoms. The third kappa shape index (κ3) is 3.47. The maximum atomic E-state index is 11.6. The smallest absolute Gasteiger partial charge is 0.155 e. The number of hydrogen-bond donors (Lipinski definition) is 1. The maximum absolute atomic E-state index is 11.6. The lowest BCUT2D eigenvalue weighted by molar-refractivity contribution is -0.115. The van der Waals surface area contributed by atoms with Crippen molar-refractivity contribution >= 4 is 18.4 Å². The third-order valence-electron chi connectivity index (χ3n) is 6.50. The lowest BCUT2D eigenvalue weighted by Crippen LogP contribution is -2.40. The van der Waals surface area contributed by atoms with Crippen molar-refractivity contribution in [3.05, 3.63) is 11.6 Å². The van der Waals surface area contributed by atoms with E-state index >= 15 is 0 Å². The highest BCUT2D eigenvalue weighted by Gasteiger charge is 2.47. The van der Waals surface area contributed by atoms with Crippen LogP contribution in [-0.2, 0) is 4.79 Å². The predicted octanol–water partition coefficient (Wildman–Crippen LogP) is 5.70. The first-order valence-corrected chi connectivity index (χ1v) is 10.4. The molecule has 0 bridgehead atoms. The minimum Gasteiger partial charge on any atom is -0.295 e. The van der Waals surface area contributed by atoms with E-state index in [-0.39, 0.29) is 0 Å². The van der Waals surface area contributed by atoms with Crippen LogP contribution in [0.25, 0.3) is 0 Å². The molecule has 3 fully saturated rings. The molecule has 5 unspecified atom stereocenters. The summed E-state index contributed by atoms with van der Waals surface area (Å²) in [6.07, 6.45) is 15.8. The SMILES string of the molecule is CC.CS.O=C1C=C2CCC3C4CCCC4CCC3C2CC1. The minimum absolute atomic E-state index is 0.397. The van der Waals surface area contributed by atoms with E-state index in [1.807, 2.05) is 19.9 Å². The molecular weight excluding hydrogens is 288 g/mol. The van der Waals surface area contributed by atoms with Gasteiger partial charge in [-0.1, -0.05) is 32.3 Å². The van der Waals surface area contributed by atoms with Crippen molar-refractivity contribution in [3.63, 3.8) is 0 Å². The molecule has 0 aromatic rings. The molecule has 4 rings (SSSR count). The second kappa shape index (κ2) is 8.57. The summed E-state index contributed by atoms with van der Waals surface area (Å²) >= 11 is 3.53. The van der Waals surface area contributed by atoms with Crippen LogP contribution in [0.5, 0.6) is 0 Å². The van der Waals surface area contributed by atoms with E-state index in [9.17, 15) is 4.79 Å². The first kappa shape index (κ1) is 18.1. The zero-order chi connectivity index (χ0) is 16.1. The summed E-state index contributed by atoms with van der Waals surface area (Å²) in [4.78, 5) is 11.6. The summed E-state index contributed by atoms with van der Waals surface area (Å²) in [7, 11) is 0. The van der Waals surface area contributed by atoms with Crippen molar-refractivity contribution < 1.29 is 4.79 Å². The lowest BCUT2D eigenvalue weighted by Gasteiger charge is -2.49.